The van der Waals surface area contributed by atoms with E-state index in [4.69, 9.17) is 0 Å². The van der Waals surface area contributed by atoms with Crippen molar-refractivity contribution >= 4 is 55.7 Å². The molecule has 1 amide bonds. The fourth-order valence-electron chi connectivity index (χ4n) is 2.26. The third-order valence-electron chi connectivity index (χ3n) is 3.46. The minimum Gasteiger partial charge on any atom is -0.301 e. The molecule has 5 nitrogen and oxygen atoms in total. The van der Waals surface area contributed by atoms with E-state index >= 15 is 0 Å². The Bertz CT molecular complexity index is 1060. The van der Waals surface area contributed by atoms with Gasteiger partial charge in [0, 0.05) is 16.3 Å². The highest BCUT2D eigenvalue weighted by Crippen LogP contribution is 2.28. The maximum atomic E-state index is 13.0. The van der Waals surface area contributed by atoms with Gasteiger partial charge in [-0.2, -0.15) is 0 Å². The van der Waals surface area contributed by atoms with Crippen molar-refractivity contribution in [3.63, 3.8) is 0 Å². The molecule has 0 atom stereocenters. The predicted octanol–water partition coefficient (Wildman–Crippen LogP) is 4.68. The molecule has 0 saturated carbocycles. The molecule has 1 aromatic carbocycles. The Balaban J connectivity index is 1.39. The first-order valence-corrected chi connectivity index (χ1v) is 10.3. The van der Waals surface area contributed by atoms with Gasteiger partial charge in [-0.15, -0.1) is 22.7 Å². The molecule has 0 aliphatic rings. The topological polar surface area (TPSA) is 67.8 Å². The number of aromatic nitrogens is 3. The van der Waals surface area contributed by atoms with Crippen molar-refractivity contribution in [2.45, 2.75) is 5.03 Å². The molecule has 0 aliphatic heterocycles. The Kier molecular flexibility index (Phi) is 4.91. The van der Waals surface area contributed by atoms with Gasteiger partial charge in [0.25, 0.3) is 0 Å². The molecule has 0 unspecified atom stereocenters. The number of carbonyl (C=O) groups is 1. The number of hydrogen-bond acceptors (Lipinski definition) is 7. The molecule has 9 heteroatoms. The Labute approximate surface area is 160 Å². The van der Waals surface area contributed by atoms with Crippen molar-refractivity contribution in [2.75, 3.05) is 11.1 Å². The number of hydrogen-bond donors (Lipinski definition) is 1. The van der Waals surface area contributed by atoms with E-state index in [1.165, 1.54) is 41.6 Å². The molecule has 4 aromatic rings. The maximum absolute atomic E-state index is 13.0. The summed E-state index contributed by atoms with van der Waals surface area (Å²) < 4.78 is 13.0. The SMILES string of the molecule is O=C(CSc1ncnc2sccc12)Nc1nc(-c2ccc(F)cc2)cs1. The molecule has 0 spiro atoms. The zero-order valence-corrected chi connectivity index (χ0v) is 15.6. The van der Waals surface area contributed by atoms with E-state index in [0.29, 0.717) is 10.8 Å². The quantitative estimate of drug-likeness (QED) is 0.388. The van der Waals surface area contributed by atoms with Crippen LogP contribution < -0.4 is 5.32 Å². The molecule has 3 aromatic heterocycles. The van der Waals surface area contributed by atoms with Gasteiger partial charge in [-0.1, -0.05) is 11.8 Å². The molecule has 1 N–H and O–H groups in total. The largest absolute Gasteiger partial charge is 0.301 e. The number of nitrogens with zero attached hydrogens (tertiary/aromatic N) is 3. The lowest BCUT2D eigenvalue weighted by Gasteiger charge is -2.02. The number of rotatable bonds is 5. The normalized spacial score (nSPS) is 11.0. The summed E-state index contributed by atoms with van der Waals surface area (Å²) in [6, 6.07) is 8.04. The lowest BCUT2D eigenvalue weighted by Crippen LogP contribution is -2.13. The molecule has 0 aliphatic carbocycles. The van der Waals surface area contributed by atoms with Crippen LogP contribution in [-0.2, 0) is 4.79 Å². The van der Waals surface area contributed by atoms with Crippen LogP contribution in [0.5, 0.6) is 0 Å². The zero-order valence-electron chi connectivity index (χ0n) is 13.2. The standard InChI is InChI=1S/C17H11FN4OS3/c18-11-3-1-10(2-4-11)13-7-26-17(21-13)22-14(23)8-25-16-12-5-6-24-15(12)19-9-20-16/h1-7,9H,8H2,(H,21,22,23). The van der Waals surface area contributed by atoms with Crippen LogP contribution in [0.1, 0.15) is 0 Å². The molecule has 3 heterocycles. The molecule has 0 fully saturated rings. The number of nitrogens with one attached hydrogen (secondary N) is 1. The van der Waals surface area contributed by atoms with Gasteiger partial charge in [0.1, 0.15) is 22.0 Å². The second-order valence-corrected chi connectivity index (χ2v) is 7.92. The van der Waals surface area contributed by atoms with E-state index in [9.17, 15) is 9.18 Å². The molecular formula is C17H11FN4OS3. The Hall–Kier alpha value is -2.36. The van der Waals surface area contributed by atoms with Crippen LogP contribution >= 0.6 is 34.4 Å². The Morgan fingerprint density at radius 2 is 2.00 bits per heavy atom. The molecule has 0 saturated heterocycles. The van der Waals surface area contributed by atoms with Gasteiger partial charge in [0.2, 0.25) is 5.91 Å². The van der Waals surface area contributed by atoms with E-state index < -0.39 is 0 Å². The third-order valence-corrected chi connectivity index (χ3v) is 6.04. The summed E-state index contributed by atoms with van der Waals surface area (Å²) in [5.74, 6) is -0.219. The van der Waals surface area contributed by atoms with Crippen molar-refractivity contribution in [3.05, 3.63) is 53.2 Å². The smallest absolute Gasteiger partial charge is 0.236 e. The Morgan fingerprint density at radius 3 is 2.85 bits per heavy atom. The van der Waals surface area contributed by atoms with Crippen molar-refractivity contribution in [1.82, 2.24) is 15.0 Å². The number of carbonyl (C=O) groups excluding carboxylic acids is 1. The number of thiophene rings is 1. The number of fused-ring (bicyclic) bond motifs is 1. The van der Waals surface area contributed by atoms with Crippen molar-refractivity contribution in [1.29, 1.82) is 0 Å². The van der Waals surface area contributed by atoms with E-state index in [-0.39, 0.29) is 17.5 Å². The van der Waals surface area contributed by atoms with Crippen LogP contribution in [0, 0.1) is 5.82 Å². The highest BCUT2D eigenvalue weighted by Gasteiger charge is 2.11. The van der Waals surface area contributed by atoms with Crippen LogP contribution in [-0.4, -0.2) is 26.6 Å². The van der Waals surface area contributed by atoms with Crippen LogP contribution in [0.4, 0.5) is 9.52 Å². The minimum atomic E-state index is -0.293. The average Bonchev–Trinajstić information content (AvgIpc) is 3.30. The second kappa shape index (κ2) is 7.48. The summed E-state index contributed by atoms with van der Waals surface area (Å²) in [6.07, 6.45) is 1.51. The van der Waals surface area contributed by atoms with Crippen LogP contribution in [0.15, 0.2) is 52.4 Å². The van der Waals surface area contributed by atoms with Crippen molar-refractivity contribution in [2.24, 2.45) is 0 Å². The van der Waals surface area contributed by atoms with Crippen LogP contribution in [0.2, 0.25) is 0 Å². The first kappa shape index (κ1) is 17.1. The van der Waals surface area contributed by atoms with Crippen LogP contribution in [0.25, 0.3) is 21.5 Å². The van der Waals surface area contributed by atoms with Gasteiger partial charge in [-0.25, -0.2) is 19.3 Å². The highest BCUT2D eigenvalue weighted by atomic mass is 32.2. The van der Waals surface area contributed by atoms with E-state index in [1.54, 1.807) is 23.5 Å². The third kappa shape index (κ3) is 3.74. The number of amides is 1. The monoisotopic (exact) mass is 402 g/mol. The molecule has 26 heavy (non-hydrogen) atoms. The molecule has 0 bridgehead atoms. The first-order valence-electron chi connectivity index (χ1n) is 7.51. The van der Waals surface area contributed by atoms with Crippen molar-refractivity contribution < 1.29 is 9.18 Å². The average molecular weight is 403 g/mol. The van der Waals surface area contributed by atoms with E-state index in [1.807, 2.05) is 16.8 Å². The summed E-state index contributed by atoms with van der Waals surface area (Å²) in [4.78, 5) is 25.9. The number of benzene rings is 1. The van der Waals surface area contributed by atoms with Gasteiger partial charge < -0.3 is 5.32 Å². The first-order chi connectivity index (χ1) is 12.7. The van der Waals surface area contributed by atoms with Crippen molar-refractivity contribution in [3.8, 4) is 11.3 Å². The summed E-state index contributed by atoms with van der Waals surface area (Å²) in [6.45, 7) is 0. The summed E-state index contributed by atoms with van der Waals surface area (Å²) in [5, 5.41) is 8.83. The Morgan fingerprint density at radius 1 is 1.15 bits per heavy atom. The zero-order chi connectivity index (χ0) is 17.9. The fourth-order valence-corrected chi connectivity index (χ4v) is 4.57. The number of halogens is 1. The molecule has 4 rings (SSSR count). The molecular weight excluding hydrogens is 391 g/mol. The van der Waals surface area contributed by atoms with Gasteiger partial charge in [0.05, 0.1) is 11.4 Å². The second-order valence-electron chi connectivity index (χ2n) is 5.20. The minimum absolute atomic E-state index is 0.156. The van der Waals surface area contributed by atoms with Gasteiger partial charge >= 0.3 is 0 Å². The number of anilines is 1. The highest BCUT2D eigenvalue weighted by molar-refractivity contribution is 8.00. The van der Waals surface area contributed by atoms with Crippen LogP contribution in [0.3, 0.4) is 0 Å². The van der Waals surface area contributed by atoms with Gasteiger partial charge in [-0.05, 0) is 35.7 Å². The molecule has 130 valence electrons. The van der Waals surface area contributed by atoms with Gasteiger partial charge in [0.15, 0.2) is 5.13 Å². The number of thioether (sulfide) groups is 1. The fraction of sp³-hybridized carbons (Fsp3) is 0.0588. The summed E-state index contributed by atoms with van der Waals surface area (Å²) in [5.41, 5.74) is 1.51. The number of thiazole rings is 1. The predicted molar refractivity (Wildman–Crippen MR) is 104 cm³/mol. The lowest BCUT2D eigenvalue weighted by atomic mass is 10.2. The lowest BCUT2D eigenvalue weighted by molar-refractivity contribution is -0.113. The van der Waals surface area contributed by atoms with Gasteiger partial charge in [-0.3, -0.25) is 4.79 Å². The maximum Gasteiger partial charge on any atom is 0.236 e. The van der Waals surface area contributed by atoms with E-state index in [2.05, 4.69) is 20.3 Å². The summed E-state index contributed by atoms with van der Waals surface area (Å²) >= 11 is 4.24. The molecule has 0 radical (unpaired) electrons. The van der Waals surface area contributed by atoms with E-state index in [0.717, 1.165) is 20.8 Å². The summed E-state index contributed by atoms with van der Waals surface area (Å²) in [7, 11) is 0.